The van der Waals surface area contributed by atoms with Gasteiger partial charge < -0.3 is 21.7 Å². The molecular formula is C26H48F2N2O4. The van der Waals surface area contributed by atoms with Crippen molar-refractivity contribution in [2.24, 2.45) is 44.0 Å². The van der Waals surface area contributed by atoms with Crippen LogP contribution in [0, 0.1) is 32.5 Å². The van der Waals surface area contributed by atoms with Crippen LogP contribution in [0.1, 0.15) is 96.9 Å². The largest absolute Gasteiger partial charge is 0.480 e. The van der Waals surface area contributed by atoms with E-state index in [9.17, 15) is 19.8 Å². The molecule has 0 unspecified atom stereocenters. The first-order valence-corrected chi connectivity index (χ1v) is 11.8. The number of aliphatic carboxylic acids is 2. The van der Waals surface area contributed by atoms with Crippen molar-refractivity contribution in [3.05, 3.63) is 0 Å². The van der Waals surface area contributed by atoms with Gasteiger partial charge in [-0.25, -0.2) is 8.78 Å². The Morgan fingerprint density at radius 3 is 0.706 bits per heavy atom. The zero-order valence-corrected chi connectivity index (χ0v) is 23.6. The molecule has 0 radical (unpaired) electrons. The Hall–Kier alpha value is -1.28. The minimum absolute atomic E-state index is 0.545. The summed E-state index contributed by atoms with van der Waals surface area (Å²) in [5, 5.41) is 18.9. The third-order valence-electron chi connectivity index (χ3n) is 12.7. The minimum atomic E-state index is -1.99. The fourth-order valence-corrected chi connectivity index (χ4v) is 6.82. The van der Waals surface area contributed by atoms with Crippen molar-refractivity contribution in [2.75, 3.05) is 0 Å². The van der Waals surface area contributed by atoms with Gasteiger partial charge in [0.15, 0.2) is 11.1 Å². The summed E-state index contributed by atoms with van der Waals surface area (Å²) in [5.41, 5.74) is -0.186. The number of nitrogens with two attached hydrogens (primary N) is 2. The van der Waals surface area contributed by atoms with E-state index in [0.717, 1.165) is 0 Å². The summed E-state index contributed by atoms with van der Waals surface area (Å²) in [7, 11) is 0. The monoisotopic (exact) mass is 488 g/mol. The summed E-state index contributed by atoms with van der Waals surface area (Å²) in [4.78, 5) is 23.1. The maximum Gasteiger partial charge on any atom is 0.327 e. The highest BCUT2D eigenvalue weighted by Crippen LogP contribution is 2.72. The fourth-order valence-electron chi connectivity index (χ4n) is 6.82. The minimum Gasteiger partial charge on any atom is -0.480 e. The van der Waals surface area contributed by atoms with Crippen molar-refractivity contribution >= 4 is 11.9 Å². The van der Waals surface area contributed by atoms with Crippen LogP contribution >= 0.6 is 0 Å². The van der Waals surface area contributed by atoms with Crippen molar-refractivity contribution < 1.29 is 28.6 Å². The van der Waals surface area contributed by atoms with Crippen LogP contribution in [0.15, 0.2) is 0 Å². The van der Waals surface area contributed by atoms with E-state index in [1.165, 1.54) is 13.8 Å². The molecule has 0 bridgehead atoms. The molecule has 8 heteroatoms. The van der Waals surface area contributed by atoms with Crippen LogP contribution in [0.3, 0.4) is 0 Å². The molecule has 0 aliphatic heterocycles. The van der Waals surface area contributed by atoms with E-state index < -0.39 is 66.8 Å². The molecule has 0 aromatic heterocycles. The van der Waals surface area contributed by atoms with E-state index in [4.69, 9.17) is 11.5 Å². The van der Waals surface area contributed by atoms with Gasteiger partial charge in [-0.2, -0.15) is 0 Å². The maximum atomic E-state index is 15.2. The van der Waals surface area contributed by atoms with Crippen LogP contribution in [0.2, 0.25) is 0 Å². The van der Waals surface area contributed by atoms with E-state index >= 15 is 8.78 Å². The van der Waals surface area contributed by atoms with Crippen molar-refractivity contribution in [3.8, 4) is 0 Å². The SMILES string of the molecule is CC1(C)C(C)(C)[C@@](C)([18F])[C@](N)(C(=O)O)C1(C)C.CC1(C)C(C)(C)[C@](C)([18F])[C@@](N)(C(=O)O)C1(C)C. The number of alkyl halides is 2. The average Bonchev–Trinajstić information content (AvgIpc) is 2.72. The summed E-state index contributed by atoms with van der Waals surface area (Å²) in [6, 6.07) is 0. The average molecular weight is 489 g/mol. The second kappa shape index (κ2) is 7.15. The van der Waals surface area contributed by atoms with Gasteiger partial charge in [0.25, 0.3) is 0 Å². The Morgan fingerprint density at radius 1 is 0.471 bits per heavy atom. The molecule has 6 N–H and O–H groups in total. The smallest absolute Gasteiger partial charge is 0.327 e. The maximum absolute atomic E-state index is 15.2. The molecule has 0 amide bonds. The van der Waals surface area contributed by atoms with Crippen LogP contribution in [0.25, 0.3) is 0 Å². The number of carbonyl (C=O) groups is 2. The second-order valence-electron chi connectivity index (χ2n) is 14.0. The highest BCUT2D eigenvalue weighted by molar-refractivity contribution is 5.84. The lowest BCUT2D eigenvalue weighted by Crippen LogP contribution is -2.67. The quantitative estimate of drug-likeness (QED) is 0.424. The summed E-state index contributed by atoms with van der Waals surface area (Å²) in [5.74, 6) is -2.54. The molecule has 34 heavy (non-hydrogen) atoms. The van der Waals surface area contributed by atoms with Gasteiger partial charge in [0.1, 0.15) is 11.3 Å². The zero-order chi connectivity index (χ0) is 28.2. The van der Waals surface area contributed by atoms with Gasteiger partial charge in [0.05, 0.1) is 0 Å². The molecule has 2 rings (SSSR count). The van der Waals surface area contributed by atoms with E-state index in [-0.39, 0.29) is 0 Å². The molecule has 2 saturated carbocycles. The lowest BCUT2D eigenvalue weighted by Gasteiger charge is -2.45. The molecule has 2 aliphatic rings. The van der Waals surface area contributed by atoms with Crippen molar-refractivity contribution in [2.45, 2.75) is 119 Å². The third-order valence-corrected chi connectivity index (χ3v) is 12.7. The van der Waals surface area contributed by atoms with Gasteiger partial charge in [-0.3, -0.25) is 9.59 Å². The predicted molar refractivity (Wildman–Crippen MR) is 131 cm³/mol. The number of halogens is 2. The number of carboxylic acid groups (broad SMARTS) is 2. The molecule has 2 fully saturated rings. The van der Waals surface area contributed by atoms with Crippen molar-refractivity contribution in [1.29, 1.82) is 0 Å². The predicted octanol–water partition coefficient (Wildman–Crippen LogP) is 5.18. The van der Waals surface area contributed by atoms with Crippen LogP contribution in [0.5, 0.6) is 0 Å². The first kappa shape index (κ1) is 30.8. The first-order chi connectivity index (χ1) is 14.4. The molecule has 0 spiro atoms. The molecule has 200 valence electrons. The highest BCUT2D eigenvalue weighted by Gasteiger charge is 2.81. The van der Waals surface area contributed by atoms with E-state index in [0.29, 0.717) is 0 Å². The molecule has 2 aliphatic carbocycles. The Bertz CT molecular complexity index is 759. The topological polar surface area (TPSA) is 127 Å². The Kier molecular flexibility index (Phi) is 6.46. The second-order valence-corrected chi connectivity index (χ2v) is 14.0. The van der Waals surface area contributed by atoms with Crippen LogP contribution in [-0.2, 0) is 9.59 Å². The number of hydrogen-bond acceptors (Lipinski definition) is 4. The third kappa shape index (κ3) is 2.67. The van der Waals surface area contributed by atoms with Gasteiger partial charge in [0.2, 0.25) is 0 Å². The van der Waals surface area contributed by atoms with Gasteiger partial charge in [0, 0.05) is 21.7 Å². The normalized spacial score (nSPS) is 42.4. The molecule has 0 aromatic rings. The van der Waals surface area contributed by atoms with E-state index in [1.54, 1.807) is 55.4 Å². The number of carboxylic acids is 2. The lowest BCUT2D eigenvalue weighted by molar-refractivity contribution is -0.156. The van der Waals surface area contributed by atoms with Gasteiger partial charge in [-0.1, -0.05) is 83.1 Å². The summed E-state index contributed by atoms with van der Waals surface area (Å²) in [6.45, 7) is 24.2. The van der Waals surface area contributed by atoms with Gasteiger partial charge in [-0.05, 0) is 24.7 Å². The van der Waals surface area contributed by atoms with Gasteiger partial charge in [-0.15, -0.1) is 0 Å². The fraction of sp³-hybridized carbons (Fsp3) is 0.923. The molecule has 0 saturated heterocycles. The van der Waals surface area contributed by atoms with E-state index in [2.05, 4.69) is 0 Å². The van der Waals surface area contributed by atoms with Crippen LogP contribution < -0.4 is 11.5 Å². The van der Waals surface area contributed by atoms with Crippen LogP contribution in [-0.4, -0.2) is 44.6 Å². The standard InChI is InChI=1S/2C13H24FNO2/c2*1-9(2)10(3,4)12(7,14)13(15,8(16)17)11(9,5)6/h2*15H2,1-7H3,(H,16,17)/t2*12-,13+/m10/s1/i2*14-1. The highest BCUT2D eigenvalue weighted by atomic mass is 18.2. The summed E-state index contributed by atoms with van der Waals surface area (Å²) in [6.07, 6.45) is 0. The molecule has 0 aromatic carbocycles. The Balaban J connectivity index is 0.000000340. The molecule has 0 heterocycles. The molecular weight excluding hydrogens is 440 g/mol. The molecule has 6 nitrogen and oxygen atoms in total. The zero-order valence-electron chi connectivity index (χ0n) is 23.6. The number of rotatable bonds is 2. The first-order valence-electron chi connectivity index (χ1n) is 11.8. The Morgan fingerprint density at radius 2 is 0.647 bits per heavy atom. The summed E-state index contributed by atoms with van der Waals surface area (Å²) < 4.78 is 30.3. The lowest BCUT2D eigenvalue weighted by atomic mass is 9.58. The van der Waals surface area contributed by atoms with E-state index in [1.807, 2.05) is 27.7 Å². The van der Waals surface area contributed by atoms with Crippen LogP contribution in [0.4, 0.5) is 8.78 Å². The number of hydrogen-bond donors (Lipinski definition) is 4. The van der Waals surface area contributed by atoms with Gasteiger partial charge >= 0.3 is 11.9 Å². The summed E-state index contributed by atoms with van der Waals surface area (Å²) >= 11 is 0. The molecule has 4 atom stereocenters. The Labute approximate surface area is 204 Å². The van der Waals surface area contributed by atoms with Crippen molar-refractivity contribution in [1.82, 2.24) is 0 Å². The van der Waals surface area contributed by atoms with Crippen molar-refractivity contribution in [3.63, 3.8) is 0 Å².